The lowest BCUT2D eigenvalue weighted by molar-refractivity contribution is 0.0473. The number of nitrogens with one attached hydrogen (secondary N) is 2. The van der Waals surface area contributed by atoms with E-state index in [1.54, 1.807) is 24.5 Å². The third-order valence-electron chi connectivity index (χ3n) is 6.96. The molecule has 10 nitrogen and oxygen atoms in total. The normalized spacial score (nSPS) is 17.6. The summed E-state index contributed by atoms with van der Waals surface area (Å²) in [6.07, 6.45) is 9.38. The highest BCUT2D eigenvalue weighted by Crippen LogP contribution is 2.31. The van der Waals surface area contributed by atoms with Crippen molar-refractivity contribution in [3.63, 3.8) is 0 Å². The molecule has 5 rings (SSSR count). The first kappa shape index (κ1) is 24.9. The lowest BCUT2D eigenvalue weighted by Gasteiger charge is -2.29. The number of aromatic nitrogens is 4. The van der Waals surface area contributed by atoms with Gasteiger partial charge in [-0.3, -0.25) is 9.48 Å². The highest BCUT2D eigenvalue weighted by atomic mass is 16.5. The van der Waals surface area contributed by atoms with Gasteiger partial charge < -0.3 is 20.1 Å². The summed E-state index contributed by atoms with van der Waals surface area (Å²) < 4.78 is 12.7. The maximum atomic E-state index is 12.5. The van der Waals surface area contributed by atoms with E-state index in [0.29, 0.717) is 37.1 Å². The fourth-order valence-electron chi connectivity index (χ4n) is 4.85. The topological polar surface area (TPSA) is 127 Å². The minimum absolute atomic E-state index is 0.0178. The van der Waals surface area contributed by atoms with Gasteiger partial charge in [-0.1, -0.05) is 0 Å². The Morgan fingerprint density at radius 1 is 1.08 bits per heavy atom. The Labute approximate surface area is 216 Å². The molecule has 0 saturated carbocycles. The molecule has 0 spiro atoms. The Morgan fingerprint density at radius 3 is 2.54 bits per heavy atom. The van der Waals surface area contributed by atoms with Crippen molar-refractivity contribution >= 4 is 17.5 Å². The summed E-state index contributed by atoms with van der Waals surface area (Å²) >= 11 is 0. The number of carbonyl (C=O) groups excluding carboxylic acids is 1. The first-order chi connectivity index (χ1) is 18.2. The Morgan fingerprint density at radius 2 is 1.81 bits per heavy atom. The van der Waals surface area contributed by atoms with E-state index in [-0.39, 0.29) is 18.0 Å². The van der Waals surface area contributed by atoms with Gasteiger partial charge in [-0.25, -0.2) is 9.97 Å². The van der Waals surface area contributed by atoms with Crippen molar-refractivity contribution in [3.05, 3.63) is 54.5 Å². The van der Waals surface area contributed by atoms with Crippen molar-refractivity contribution in [2.24, 2.45) is 5.92 Å². The minimum Gasteiger partial charge on any atom is -0.381 e. The third-order valence-corrected chi connectivity index (χ3v) is 6.96. The summed E-state index contributed by atoms with van der Waals surface area (Å²) in [4.78, 5) is 21.5. The number of nitriles is 1. The van der Waals surface area contributed by atoms with Gasteiger partial charge in [0.2, 0.25) is 5.95 Å². The van der Waals surface area contributed by atoms with E-state index in [1.165, 1.54) is 0 Å². The molecular weight excluding hydrogens is 470 g/mol. The molecule has 1 atom stereocenters. The van der Waals surface area contributed by atoms with Crippen molar-refractivity contribution in [2.45, 2.75) is 44.2 Å². The second-order valence-electron chi connectivity index (χ2n) is 9.42. The minimum atomic E-state index is -0.0795. The van der Waals surface area contributed by atoms with Gasteiger partial charge in [-0.2, -0.15) is 10.4 Å². The van der Waals surface area contributed by atoms with E-state index in [2.05, 4.69) is 31.8 Å². The Bertz CT molecular complexity index is 1230. The number of rotatable bonds is 8. The zero-order valence-electron chi connectivity index (χ0n) is 20.7. The largest absolute Gasteiger partial charge is 0.381 e. The zero-order valence-corrected chi connectivity index (χ0v) is 20.7. The molecule has 2 fully saturated rings. The highest BCUT2D eigenvalue weighted by molar-refractivity contribution is 5.94. The van der Waals surface area contributed by atoms with Crippen LogP contribution >= 0.6 is 0 Å². The SMILES string of the molecule is N#CCC(C1CCOCC1)n1cc(-c2ccnc(Nc3ccc(C(=O)NC4CCOCC4)cc3)n2)cn1. The molecule has 1 unspecified atom stereocenters. The van der Waals surface area contributed by atoms with Crippen LogP contribution in [0.4, 0.5) is 11.6 Å². The van der Waals surface area contributed by atoms with E-state index in [1.807, 2.05) is 29.1 Å². The molecule has 192 valence electrons. The van der Waals surface area contributed by atoms with Gasteiger partial charge in [0.05, 0.1) is 30.4 Å². The Balaban J connectivity index is 1.24. The van der Waals surface area contributed by atoms with Gasteiger partial charge in [0.1, 0.15) is 0 Å². The lowest BCUT2D eigenvalue weighted by Crippen LogP contribution is -2.38. The molecule has 1 aromatic carbocycles. The van der Waals surface area contributed by atoms with Crippen LogP contribution in [0, 0.1) is 17.2 Å². The number of hydrogen-bond acceptors (Lipinski definition) is 8. The average molecular weight is 502 g/mol. The maximum absolute atomic E-state index is 12.5. The summed E-state index contributed by atoms with van der Waals surface area (Å²) in [5.74, 6) is 0.734. The summed E-state index contributed by atoms with van der Waals surface area (Å²) in [5, 5.41) is 20.2. The second-order valence-corrected chi connectivity index (χ2v) is 9.42. The molecule has 0 bridgehead atoms. The molecule has 3 aromatic rings. The molecule has 2 aromatic heterocycles. The molecule has 2 aliphatic heterocycles. The summed E-state index contributed by atoms with van der Waals surface area (Å²) in [5.41, 5.74) is 2.99. The van der Waals surface area contributed by atoms with Crippen LogP contribution in [0.3, 0.4) is 0 Å². The molecule has 2 N–H and O–H groups in total. The van der Waals surface area contributed by atoms with Crippen LogP contribution in [-0.4, -0.2) is 58.1 Å². The number of nitrogens with zero attached hydrogens (tertiary/aromatic N) is 5. The van der Waals surface area contributed by atoms with Gasteiger partial charge in [0.25, 0.3) is 5.91 Å². The van der Waals surface area contributed by atoms with E-state index >= 15 is 0 Å². The summed E-state index contributed by atoms with van der Waals surface area (Å²) in [6, 6.07) is 11.6. The van der Waals surface area contributed by atoms with Crippen LogP contribution in [0.2, 0.25) is 0 Å². The maximum Gasteiger partial charge on any atom is 0.251 e. The fraction of sp³-hybridized carbons (Fsp3) is 0.444. The molecule has 2 saturated heterocycles. The third kappa shape index (κ3) is 6.31. The van der Waals surface area contributed by atoms with Crippen molar-refractivity contribution in [2.75, 3.05) is 31.7 Å². The predicted octanol–water partition coefficient (Wildman–Crippen LogP) is 3.87. The van der Waals surface area contributed by atoms with Crippen LogP contribution in [0.25, 0.3) is 11.3 Å². The standard InChI is InChI=1S/C27H31N7O3/c28-11-5-25(19-7-13-36-14-8-19)34-18-21(17-30-34)24-6-12-29-27(33-24)32-22-3-1-20(2-4-22)26(35)31-23-9-15-37-16-10-23/h1-4,6,12,17-19,23,25H,5,7-10,13-16H2,(H,31,35)(H,29,32,33). The van der Waals surface area contributed by atoms with Crippen LogP contribution in [0.5, 0.6) is 0 Å². The smallest absolute Gasteiger partial charge is 0.251 e. The van der Waals surface area contributed by atoms with E-state index in [4.69, 9.17) is 9.47 Å². The molecule has 37 heavy (non-hydrogen) atoms. The predicted molar refractivity (Wildman–Crippen MR) is 137 cm³/mol. The molecular formula is C27H31N7O3. The molecule has 1 amide bonds. The van der Waals surface area contributed by atoms with E-state index in [9.17, 15) is 10.1 Å². The second kappa shape index (κ2) is 12.0. The highest BCUT2D eigenvalue weighted by Gasteiger charge is 2.26. The van der Waals surface area contributed by atoms with Crippen molar-refractivity contribution in [1.82, 2.24) is 25.1 Å². The quantitative estimate of drug-likeness (QED) is 0.476. The van der Waals surface area contributed by atoms with Gasteiger partial charge in [-0.05, 0) is 61.9 Å². The number of anilines is 2. The molecule has 2 aliphatic rings. The Hall–Kier alpha value is -3.81. The average Bonchev–Trinajstić information content (AvgIpc) is 3.43. The summed E-state index contributed by atoms with van der Waals surface area (Å²) in [7, 11) is 0. The van der Waals surface area contributed by atoms with Gasteiger partial charge in [0, 0.05) is 61.7 Å². The monoisotopic (exact) mass is 501 g/mol. The van der Waals surface area contributed by atoms with Gasteiger partial charge in [-0.15, -0.1) is 0 Å². The molecule has 0 radical (unpaired) electrons. The van der Waals surface area contributed by atoms with Crippen molar-refractivity contribution in [1.29, 1.82) is 5.26 Å². The first-order valence-electron chi connectivity index (χ1n) is 12.8. The summed E-state index contributed by atoms with van der Waals surface area (Å²) in [6.45, 7) is 2.82. The number of amides is 1. The first-order valence-corrected chi connectivity index (χ1v) is 12.8. The van der Waals surface area contributed by atoms with Crippen LogP contribution in [-0.2, 0) is 9.47 Å². The number of benzene rings is 1. The van der Waals surface area contributed by atoms with Crippen LogP contribution < -0.4 is 10.6 Å². The van der Waals surface area contributed by atoms with Crippen molar-refractivity contribution < 1.29 is 14.3 Å². The lowest BCUT2D eigenvalue weighted by atomic mass is 9.90. The van der Waals surface area contributed by atoms with Crippen LogP contribution in [0.15, 0.2) is 48.9 Å². The van der Waals surface area contributed by atoms with Gasteiger partial charge >= 0.3 is 0 Å². The molecule has 0 aliphatic carbocycles. The number of ether oxygens (including phenoxy) is 2. The number of carbonyl (C=O) groups is 1. The molecule has 4 heterocycles. The van der Waals surface area contributed by atoms with E-state index in [0.717, 1.165) is 55.8 Å². The molecule has 10 heteroatoms. The van der Waals surface area contributed by atoms with Crippen molar-refractivity contribution in [3.8, 4) is 17.3 Å². The number of hydrogen-bond donors (Lipinski definition) is 2. The van der Waals surface area contributed by atoms with E-state index < -0.39 is 0 Å². The Kier molecular flexibility index (Phi) is 8.03. The van der Waals surface area contributed by atoms with Gasteiger partial charge in [0.15, 0.2) is 0 Å². The fourth-order valence-corrected chi connectivity index (χ4v) is 4.85. The zero-order chi connectivity index (χ0) is 25.5. The van der Waals surface area contributed by atoms with Crippen LogP contribution in [0.1, 0.15) is 48.5 Å².